The molecule has 208 valence electrons. The number of imidazole rings is 2. The molecule has 0 spiro atoms. The number of benzene rings is 3. The summed E-state index contributed by atoms with van der Waals surface area (Å²) in [7, 11) is 4.05. The third-order valence-electron chi connectivity index (χ3n) is 7.22. The summed E-state index contributed by atoms with van der Waals surface area (Å²) in [4.78, 5) is 14.8. The van der Waals surface area contributed by atoms with E-state index in [1.165, 1.54) is 3.57 Å². The second kappa shape index (κ2) is 12.3. The first-order valence-corrected chi connectivity index (χ1v) is 15.0. The van der Waals surface area contributed by atoms with E-state index in [1.54, 1.807) is 0 Å². The summed E-state index contributed by atoms with van der Waals surface area (Å²) in [5, 5.41) is 0. The zero-order valence-electron chi connectivity index (χ0n) is 23.3. The van der Waals surface area contributed by atoms with Crippen molar-refractivity contribution < 1.29 is 9.47 Å². The van der Waals surface area contributed by atoms with Gasteiger partial charge in [0, 0.05) is 29.8 Å². The van der Waals surface area contributed by atoms with E-state index in [2.05, 4.69) is 56.0 Å². The van der Waals surface area contributed by atoms with Gasteiger partial charge in [-0.1, -0.05) is 24.3 Å². The van der Waals surface area contributed by atoms with Crippen molar-refractivity contribution in [3.05, 3.63) is 88.5 Å². The fourth-order valence-corrected chi connectivity index (χ4v) is 5.40. The van der Waals surface area contributed by atoms with Crippen LogP contribution in [-0.2, 0) is 14.1 Å². The summed E-state index contributed by atoms with van der Waals surface area (Å²) in [6.07, 6.45) is 4.17. The van der Waals surface area contributed by atoms with Crippen LogP contribution in [0.3, 0.4) is 0 Å². The van der Waals surface area contributed by atoms with Gasteiger partial charge in [0.25, 0.3) is 0 Å². The molecule has 6 rings (SSSR count). The lowest BCUT2D eigenvalue weighted by Crippen LogP contribution is -2.03. The third kappa shape index (κ3) is 6.07. The average Bonchev–Trinajstić information content (AvgIpc) is 3.52. The molecule has 0 fully saturated rings. The normalized spacial score (nSPS) is 11.4. The van der Waals surface area contributed by atoms with Crippen LogP contribution < -0.4 is 9.47 Å². The number of halogens is 1. The van der Waals surface area contributed by atoms with Gasteiger partial charge in [-0.15, -0.1) is 0 Å². The number of hydrogen-bond donors (Lipinski definition) is 0. The first-order valence-electron chi connectivity index (χ1n) is 13.9. The molecular weight excluding hydrogens is 625 g/mol. The van der Waals surface area contributed by atoms with E-state index < -0.39 is 0 Å². The Hall–Kier alpha value is -3.92. The first-order chi connectivity index (χ1) is 20.1. The lowest BCUT2D eigenvalue weighted by molar-refractivity contribution is 0.287. The van der Waals surface area contributed by atoms with Crippen LogP contribution in [0.4, 0.5) is 0 Å². The summed E-state index contributed by atoms with van der Waals surface area (Å²) in [5.74, 6) is 3.29. The maximum Gasteiger partial charge on any atom is 0.159 e. The van der Waals surface area contributed by atoms with Gasteiger partial charge in [0.2, 0.25) is 0 Å². The van der Waals surface area contributed by atoms with Gasteiger partial charge in [0.05, 0.1) is 35.3 Å². The van der Waals surface area contributed by atoms with Crippen LogP contribution in [0.15, 0.2) is 84.9 Å². The number of unbranched alkanes of at least 4 members (excludes halogenated alkanes) is 3. The minimum atomic E-state index is 0.631. The van der Waals surface area contributed by atoms with Crippen LogP contribution in [0, 0.1) is 3.57 Å². The largest absolute Gasteiger partial charge is 0.494 e. The van der Waals surface area contributed by atoms with Gasteiger partial charge in [0.1, 0.15) is 22.9 Å². The first kappa shape index (κ1) is 27.3. The quantitative estimate of drug-likeness (QED) is 0.105. The Kier molecular flexibility index (Phi) is 8.18. The Labute approximate surface area is 253 Å². The van der Waals surface area contributed by atoms with Crippen molar-refractivity contribution in [2.75, 3.05) is 13.2 Å². The molecular formula is C33H32IN5O2. The van der Waals surface area contributed by atoms with Crippen molar-refractivity contribution in [3.8, 4) is 34.5 Å². The van der Waals surface area contributed by atoms with Crippen LogP contribution in [0.1, 0.15) is 25.7 Å². The standard InChI is InChI=1S/C33H32IN5O2/c1-38-30-13-7-5-11-26(30)36-32(38)28-21-25(22-29(35-28)33-37-27-12-6-8-14-31(27)39(33)2)41-20-10-4-3-9-19-40-24-17-15-23(34)16-18-24/h5-8,11-18,21-22H,3-4,9-10,19-20H2,1-2H3. The predicted molar refractivity (Wildman–Crippen MR) is 172 cm³/mol. The number of hydrogen-bond acceptors (Lipinski definition) is 5. The van der Waals surface area contributed by atoms with Crippen LogP contribution in [0.5, 0.6) is 11.5 Å². The summed E-state index contributed by atoms with van der Waals surface area (Å²) in [6.45, 7) is 1.36. The number of rotatable bonds is 11. The maximum atomic E-state index is 6.30. The molecule has 0 amide bonds. The molecule has 6 aromatic rings. The Morgan fingerprint density at radius 3 is 1.59 bits per heavy atom. The Bertz CT molecular complexity index is 1690. The molecule has 0 N–H and O–H groups in total. The van der Waals surface area contributed by atoms with E-state index in [0.29, 0.717) is 6.61 Å². The van der Waals surface area contributed by atoms with Gasteiger partial charge >= 0.3 is 0 Å². The van der Waals surface area contributed by atoms with Gasteiger partial charge < -0.3 is 18.6 Å². The van der Waals surface area contributed by atoms with Crippen molar-refractivity contribution in [1.82, 2.24) is 24.1 Å². The van der Waals surface area contributed by atoms with Crippen molar-refractivity contribution in [3.63, 3.8) is 0 Å². The molecule has 0 bridgehead atoms. The smallest absolute Gasteiger partial charge is 0.159 e. The molecule has 0 aliphatic rings. The molecule has 7 nitrogen and oxygen atoms in total. The molecule has 0 unspecified atom stereocenters. The third-order valence-corrected chi connectivity index (χ3v) is 7.94. The van der Waals surface area contributed by atoms with Crippen LogP contribution in [-0.4, -0.2) is 37.3 Å². The van der Waals surface area contributed by atoms with Gasteiger partial charge in [-0.3, -0.25) is 0 Å². The summed E-state index contributed by atoms with van der Waals surface area (Å²) >= 11 is 2.30. The number of aryl methyl sites for hydroxylation is 2. The average molecular weight is 658 g/mol. The fraction of sp³-hybridized carbons (Fsp3) is 0.242. The summed E-state index contributed by atoms with van der Waals surface area (Å²) in [5.41, 5.74) is 5.52. The number of aromatic nitrogens is 5. The molecule has 8 heteroatoms. The second-order valence-corrected chi connectivity index (χ2v) is 11.4. The molecule has 0 saturated heterocycles. The lowest BCUT2D eigenvalue weighted by Gasteiger charge is -2.11. The zero-order chi connectivity index (χ0) is 28.2. The van der Waals surface area contributed by atoms with E-state index in [1.807, 2.05) is 74.8 Å². The second-order valence-electron chi connectivity index (χ2n) is 10.1. The van der Waals surface area contributed by atoms with Crippen LogP contribution >= 0.6 is 22.6 Å². The molecule has 0 aliphatic heterocycles. The van der Waals surface area contributed by atoms with E-state index in [-0.39, 0.29) is 0 Å². The number of ether oxygens (including phenoxy) is 2. The molecule has 41 heavy (non-hydrogen) atoms. The van der Waals surface area contributed by atoms with Gasteiger partial charge in [-0.2, -0.15) is 0 Å². The number of pyridine rings is 1. The summed E-state index contributed by atoms with van der Waals surface area (Å²) < 4.78 is 17.5. The molecule has 3 aromatic heterocycles. The van der Waals surface area contributed by atoms with E-state index >= 15 is 0 Å². The number of fused-ring (bicyclic) bond motifs is 2. The van der Waals surface area contributed by atoms with Crippen LogP contribution in [0.2, 0.25) is 0 Å². The maximum absolute atomic E-state index is 6.30. The van der Waals surface area contributed by atoms with Gasteiger partial charge in [0.15, 0.2) is 11.6 Å². The topological polar surface area (TPSA) is 67.0 Å². The van der Waals surface area contributed by atoms with Crippen molar-refractivity contribution >= 4 is 44.7 Å². The molecule has 3 heterocycles. The lowest BCUT2D eigenvalue weighted by atomic mass is 10.2. The van der Waals surface area contributed by atoms with Crippen molar-refractivity contribution in [1.29, 1.82) is 0 Å². The molecule has 0 radical (unpaired) electrons. The summed E-state index contributed by atoms with van der Waals surface area (Å²) in [6, 6.07) is 28.4. The SMILES string of the molecule is Cn1c(-c2cc(OCCCCCCOc3ccc(I)cc3)cc(-c3nc4ccccc4n3C)n2)nc2ccccc21. The van der Waals surface area contributed by atoms with Crippen molar-refractivity contribution in [2.45, 2.75) is 25.7 Å². The van der Waals surface area contributed by atoms with E-state index in [0.717, 1.165) is 88.9 Å². The number of para-hydroxylation sites is 4. The molecule has 0 aliphatic carbocycles. The van der Waals surface area contributed by atoms with Crippen LogP contribution in [0.25, 0.3) is 45.1 Å². The monoisotopic (exact) mass is 657 g/mol. The molecule has 3 aromatic carbocycles. The highest BCUT2D eigenvalue weighted by Crippen LogP contribution is 2.31. The Balaban J connectivity index is 1.17. The zero-order valence-corrected chi connectivity index (χ0v) is 25.4. The van der Waals surface area contributed by atoms with E-state index in [4.69, 9.17) is 24.4 Å². The predicted octanol–water partition coefficient (Wildman–Crippen LogP) is 7.81. The highest BCUT2D eigenvalue weighted by atomic mass is 127. The van der Waals surface area contributed by atoms with E-state index in [9.17, 15) is 0 Å². The number of nitrogens with zero attached hydrogens (tertiary/aromatic N) is 5. The molecule has 0 atom stereocenters. The van der Waals surface area contributed by atoms with Gasteiger partial charge in [-0.05, 0) is 96.8 Å². The van der Waals surface area contributed by atoms with Gasteiger partial charge in [-0.25, -0.2) is 15.0 Å². The fourth-order valence-electron chi connectivity index (χ4n) is 5.04. The minimum Gasteiger partial charge on any atom is -0.494 e. The highest BCUT2D eigenvalue weighted by molar-refractivity contribution is 14.1. The highest BCUT2D eigenvalue weighted by Gasteiger charge is 2.17. The minimum absolute atomic E-state index is 0.631. The molecule has 0 saturated carbocycles. The Morgan fingerprint density at radius 2 is 1.07 bits per heavy atom. The van der Waals surface area contributed by atoms with Crippen molar-refractivity contribution in [2.24, 2.45) is 14.1 Å². The Morgan fingerprint density at radius 1 is 0.585 bits per heavy atom.